The molecular weight excluding hydrogens is 334 g/mol. The normalized spacial score (nSPS) is 12.5. The van der Waals surface area contributed by atoms with E-state index in [4.69, 9.17) is 15.7 Å². The topological polar surface area (TPSA) is 71.1 Å². The first-order valence-corrected chi connectivity index (χ1v) is 7.82. The molecule has 0 aliphatic rings. The Morgan fingerprint density at radius 1 is 1.33 bits per heavy atom. The summed E-state index contributed by atoms with van der Waals surface area (Å²) in [5.74, 6) is 0.824. The number of benzene rings is 1. The molecule has 118 valence electrons. The summed E-state index contributed by atoms with van der Waals surface area (Å²) in [6.07, 6.45) is 0. The van der Waals surface area contributed by atoms with Crippen LogP contribution < -0.4 is 10.5 Å². The molecule has 1 aromatic carbocycles. The summed E-state index contributed by atoms with van der Waals surface area (Å²) in [5, 5.41) is 11.6. The fourth-order valence-electron chi connectivity index (χ4n) is 2.21. The third-order valence-electron chi connectivity index (χ3n) is 3.27. The fraction of sp³-hybridized carbons (Fsp3) is 0.533. The highest BCUT2D eigenvalue weighted by molar-refractivity contribution is 9.10. The van der Waals surface area contributed by atoms with E-state index in [9.17, 15) is 0 Å². The monoisotopic (exact) mass is 357 g/mol. The Kier molecular flexibility index (Phi) is 6.98. The maximum absolute atomic E-state index is 8.67. The van der Waals surface area contributed by atoms with Crippen molar-refractivity contribution in [2.45, 2.75) is 39.8 Å². The Bertz CT molecular complexity index is 482. The Morgan fingerprint density at radius 2 is 1.95 bits per heavy atom. The Morgan fingerprint density at radius 3 is 2.43 bits per heavy atom. The molecule has 0 fully saturated rings. The molecule has 3 N–H and O–H groups in total. The lowest BCUT2D eigenvalue weighted by Crippen LogP contribution is -2.39. The molecule has 21 heavy (non-hydrogen) atoms. The van der Waals surface area contributed by atoms with E-state index in [2.05, 4.69) is 53.7 Å². The van der Waals surface area contributed by atoms with Crippen molar-refractivity contribution in [3.63, 3.8) is 0 Å². The van der Waals surface area contributed by atoms with E-state index in [1.807, 2.05) is 6.07 Å². The summed E-state index contributed by atoms with van der Waals surface area (Å²) in [7, 11) is 0. The lowest BCUT2D eigenvalue weighted by atomic mass is 10.2. The average Bonchev–Trinajstić information content (AvgIpc) is 2.43. The third-order valence-corrected chi connectivity index (χ3v) is 3.89. The second kappa shape index (κ2) is 8.24. The molecule has 1 aromatic rings. The zero-order valence-corrected chi connectivity index (χ0v) is 14.6. The Balaban J connectivity index is 2.64. The van der Waals surface area contributed by atoms with Gasteiger partial charge in [0.2, 0.25) is 0 Å². The number of halogens is 1. The van der Waals surface area contributed by atoms with Crippen molar-refractivity contribution in [2.75, 3.05) is 13.2 Å². The van der Waals surface area contributed by atoms with E-state index in [1.165, 1.54) is 0 Å². The molecule has 0 aliphatic heterocycles. The molecule has 0 heterocycles. The van der Waals surface area contributed by atoms with Crippen LogP contribution in [0.5, 0.6) is 5.75 Å². The quantitative estimate of drug-likeness (QED) is 0.340. The molecule has 0 aromatic heterocycles. The highest BCUT2D eigenvalue weighted by Crippen LogP contribution is 2.26. The smallest absolute Gasteiger partial charge is 0.170 e. The predicted octanol–water partition coefficient (Wildman–Crippen LogP) is 3.04. The summed E-state index contributed by atoms with van der Waals surface area (Å²) in [5.41, 5.74) is 6.19. The summed E-state index contributed by atoms with van der Waals surface area (Å²) < 4.78 is 6.59. The summed E-state index contributed by atoms with van der Waals surface area (Å²) in [6, 6.07) is 6.32. The van der Waals surface area contributed by atoms with Crippen molar-refractivity contribution in [3.8, 4) is 5.75 Å². The lowest BCUT2D eigenvalue weighted by molar-refractivity contribution is 0.141. The standard InChI is InChI=1S/C15H24BrN3O2/c1-10(2)19(11(3)4)7-8-21-14-6-5-12(9-13(14)16)15(17)18-20/h5-6,9-11,20H,7-8H2,1-4H3,(H2,17,18). The minimum absolute atomic E-state index is 0.0769. The van der Waals surface area contributed by atoms with Gasteiger partial charge >= 0.3 is 0 Å². The van der Waals surface area contributed by atoms with Crippen molar-refractivity contribution in [3.05, 3.63) is 28.2 Å². The molecule has 0 bridgehead atoms. The molecule has 1 rings (SSSR count). The van der Waals surface area contributed by atoms with Gasteiger partial charge in [0.25, 0.3) is 0 Å². The largest absolute Gasteiger partial charge is 0.491 e. The molecule has 5 nitrogen and oxygen atoms in total. The molecule has 0 aliphatic carbocycles. The van der Waals surface area contributed by atoms with Gasteiger partial charge in [-0.2, -0.15) is 0 Å². The van der Waals surface area contributed by atoms with Crippen LogP contribution in [0.2, 0.25) is 0 Å². The first-order valence-electron chi connectivity index (χ1n) is 7.02. The number of amidine groups is 1. The Labute approximate surface area is 134 Å². The van der Waals surface area contributed by atoms with E-state index in [0.29, 0.717) is 24.3 Å². The van der Waals surface area contributed by atoms with Crippen LogP contribution in [0.3, 0.4) is 0 Å². The number of rotatable bonds is 7. The van der Waals surface area contributed by atoms with E-state index in [1.54, 1.807) is 12.1 Å². The number of oxime groups is 1. The molecule has 0 saturated heterocycles. The first kappa shape index (κ1) is 17.8. The zero-order chi connectivity index (χ0) is 16.0. The van der Waals surface area contributed by atoms with Crippen LogP contribution in [0.1, 0.15) is 33.3 Å². The average molecular weight is 358 g/mol. The molecule has 0 spiro atoms. The number of hydrogen-bond donors (Lipinski definition) is 2. The maximum atomic E-state index is 8.67. The lowest BCUT2D eigenvalue weighted by Gasteiger charge is -2.30. The van der Waals surface area contributed by atoms with Gasteiger partial charge in [-0.15, -0.1) is 0 Å². The van der Waals surface area contributed by atoms with Crippen molar-refractivity contribution in [1.82, 2.24) is 4.90 Å². The third kappa shape index (κ3) is 5.21. The van der Waals surface area contributed by atoms with Gasteiger partial charge in [-0.25, -0.2) is 0 Å². The Hall–Kier alpha value is -1.27. The number of nitrogens with two attached hydrogens (primary N) is 1. The summed E-state index contributed by atoms with van der Waals surface area (Å²) in [6.45, 7) is 10.2. The van der Waals surface area contributed by atoms with Gasteiger partial charge < -0.3 is 15.7 Å². The van der Waals surface area contributed by atoms with Crippen molar-refractivity contribution in [1.29, 1.82) is 0 Å². The molecule has 0 radical (unpaired) electrons. The van der Waals surface area contributed by atoms with Crippen LogP contribution in [0.4, 0.5) is 0 Å². The van der Waals surface area contributed by atoms with Crippen molar-refractivity contribution < 1.29 is 9.94 Å². The fourth-order valence-corrected chi connectivity index (χ4v) is 2.70. The van der Waals surface area contributed by atoms with E-state index < -0.39 is 0 Å². The highest BCUT2D eigenvalue weighted by atomic mass is 79.9. The molecule has 0 unspecified atom stereocenters. The highest BCUT2D eigenvalue weighted by Gasteiger charge is 2.13. The van der Waals surface area contributed by atoms with Crippen LogP contribution in [-0.4, -0.2) is 41.2 Å². The van der Waals surface area contributed by atoms with Gasteiger partial charge in [-0.05, 0) is 61.8 Å². The zero-order valence-electron chi connectivity index (χ0n) is 13.0. The van der Waals surface area contributed by atoms with Gasteiger partial charge in [0, 0.05) is 24.2 Å². The second-order valence-corrected chi connectivity index (χ2v) is 6.26. The molecule has 0 amide bonds. The minimum Gasteiger partial charge on any atom is -0.491 e. The van der Waals surface area contributed by atoms with E-state index >= 15 is 0 Å². The number of ether oxygens (including phenoxy) is 1. The van der Waals surface area contributed by atoms with Crippen LogP contribution in [0.25, 0.3) is 0 Å². The van der Waals surface area contributed by atoms with Crippen LogP contribution >= 0.6 is 15.9 Å². The van der Waals surface area contributed by atoms with Crippen LogP contribution in [0.15, 0.2) is 27.8 Å². The SMILES string of the molecule is CC(C)N(CCOc1ccc(/C(N)=N/O)cc1Br)C(C)C. The number of hydrogen-bond acceptors (Lipinski definition) is 4. The van der Waals surface area contributed by atoms with Crippen molar-refractivity contribution >= 4 is 21.8 Å². The van der Waals surface area contributed by atoms with Gasteiger partial charge in [0.05, 0.1) is 4.47 Å². The van der Waals surface area contributed by atoms with E-state index in [0.717, 1.165) is 16.8 Å². The number of nitrogens with zero attached hydrogens (tertiary/aromatic N) is 2. The predicted molar refractivity (Wildman–Crippen MR) is 89.1 cm³/mol. The molecule has 0 saturated carbocycles. The van der Waals surface area contributed by atoms with Gasteiger partial charge in [0.1, 0.15) is 12.4 Å². The second-order valence-electron chi connectivity index (χ2n) is 5.40. The van der Waals surface area contributed by atoms with Crippen LogP contribution in [-0.2, 0) is 0 Å². The molecule has 0 atom stereocenters. The molecule has 6 heteroatoms. The molecular formula is C15H24BrN3O2. The summed E-state index contributed by atoms with van der Waals surface area (Å²) >= 11 is 3.44. The van der Waals surface area contributed by atoms with Crippen LogP contribution in [0, 0.1) is 0 Å². The van der Waals surface area contributed by atoms with E-state index in [-0.39, 0.29) is 5.84 Å². The van der Waals surface area contributed by atoms with Crippen molar-refractivity contribution in [2.24, 2.45) is 10.9 Å². The maximum Gasteiger partial charge on any atom is 0.170 e. The van der Waals surface area contributed by atoms with Gasteiger partial charge in [0.15, 0.2) is 5.84 Å². The first-order chi connectivity index (χ1) is 9.86. The van der Waals surface area contributed by atoms with Gasteiger partial charge in [-0.1, -0.05) is 5.16 Å². The minimum atomic E-state index is 0.0769. The summed E-state index contributed by atoms with van der Waals surface area (Å²) in [4.78, 5) is 2.37. The van der Waals surface area contributed by atoms with Gasteiger partial charge in [-0.3, -0.25) is 4.90 Å².